The fourth-order valence-electron chi connectivity index (χ4n) is 4.53. The number of halogens is 3. The number of aromatic nitrogens is 4. The van der Waals surface area contributed by atoms with E-state index in [1.807, 2.05) is 11.6 Å². The summed E-state index contributed by atoms with van der Waals surface area (Å²) in [5.41, 5.74) is 0.613. The lowest BCUT2D eigenvalue weighted by Gasteiger charge is -2.23. The van der Waals surface area contributed by atoms with Crippen LogP contribution in [0.25, 0.3) is 11.2 Å². The van der Waals surface area contributed by atoms with Crippen LogP contribution in [-0.2, 0) is 11.8 Å². The van der Waals surface area contributed by atoms with Gasteiger partial charge in [0.05, 0.1) is 38.0 Å². The molecule has 1 aromatic carbocycles. The first kappa shape index (κ1) is 21.9. The molecule has 2 aromatic heterocycles. The predicted molar refractivity (Wildman–Crippen MR) is 115 cm³/mol. The number of nitrogens with one attached hydrogen (secondary N) is 2. The highest BCUT2D eigenvalue weighted by atomic mass is 19.1. The number of rotatable bonds is 5. The van der Waals surface area contributed by atoms with Crippen molar-refractivity contribution in [3.63, 3.8) is 0 Å². The number of ether oxygens (including phenoxy) is 1. The summed E-state index contributed by atoms with van der Waals surface area (Å²) in [7, 11) is 1.84. The Labute approximate surface area is 188 Å². The zero-order chi connectivity index (χ0) is 23.1. The molecular weight excluding hydrogens is 437 g/mol. The predicted octanol–water partition coefficient (Wildman–Crippen LogP) is 3.09. The van der Waals surface area contributed by atoms with Gasteiger partial charge in [-0.25, -0.2) is 22.7 Å². The van der Waals surface area contributed by atoms with Gasteiger partial charge in [-0.3, -0.25) is 9.88 Å². The number of nitrogens with zero attached hydrogens (tertiary/aromatic N) is 4. The van der Waals surface area contributed by atoms with Gasteiger partial charge in [-0.2, -0.15) is 0 Å². The van der Waals surface area contributed by atoms with Crippen LogP contribution in [0.5, 0.6) is 0 Å². The summed E-state index contributed by atoms with van der Waals surface area (Å²) < 4.78 is 51.2. The molecule has 3 aromatic rings. The van der Waals surface area contributed by atoms with Gasteiger partial charge >= 0.3 is 5.95 Å². The van der Waals surface area contributed by atoms with Gasteiger partial charge in [0, 0.05) is 18.7 Å². The van der Waals surface area contributed by atoms with Crippen molar-refractivity contribution < 1.29 is 27.6 Å². The van der Waals surface area contributed by atoms with Crippen LogP contribution in [0.1, 0.15) is 38.1 Å². The number of hydrogen-bond donors (Lipinski definition) is 3. The topological polar surface area (TPSA) is 88.1 Å². The van der Waals surface area contributed by atoms with Gasteiger partial charge in [0.15, 0.2) is 17.2 Å². The van der Waals surface area contributed by atoms with Gasteiger partial charge in [0.25, 0.3) is 0 Å². The van der Waals surface area contributed by atoms with Gasteiger partial charge in [-0.15, -0.1) is 0 Å². The molecule has 1 saturated heterocycles. The molecule has 0 radical (unpaired) electrons. The smallest absolute Gasteiger partial charge is 0.393 e. The number of fused-ring (bicyclic) bond motifs is 1. The van der Waals surface area contributed by atoms with Gasteiger partial charge in [0.2, 0.25) is 11.6 Å². The summed E-state index contributed by atoms with van der Waals surface area (Å²) >= 11 is 0. The third-order valence-corrected chi connectivity index (χ3v) is 6.32. The molecule has 1 saturated carbocycles. The van der Waals surface area contributed by atoms with Crippen molar-refractivity contribution in [1.29, 1.82) is 0 Å². The summed E-state index contributed by atoms with van der Waals surface area (Å²) in [6.07, 6.45) is 5.40. The number of aryl methyl sites for hydroxylation is 1. The highest BCUT2D eigenvalue weighted by molar-refractivity contribution is 5.76. The molecule has 1 unspecified atom stereocenters. The van der Waals surface area contributed by atoms with E-state index in [1.165, 1.54) is 0 Å². The Morgan fingerprint density at radius 2 is 1.82 bits per heavy atom. The molecule has 33 heavy (non-hydrogen) atoms. The van der Waals surface area contributed by atoms with E-state index in [2.05, 4.69) is 15.6 Å². The summed E-state index contributed by atoms with van der Waals surface area (Å²) in [5.74, 6) is -2.25. The molecule has 2 fully saturated rings. The van der Waals surface area contributed by atoms with Crippen LogP contribution in [0.3, 0.4) is 0 Å². The Balaban J connectivity index is 1.54. The zero-order valence-electron chi connectivity index (χ0n) is 18.2. The van der Waals surface area contributed by atoms with Crippen molar-refractivity contribution >= 4 is 28.7 Å². The van der Waals surface area contributed by atoms with Crippen LogP contribution in [0, 0.1) is 17.5 Å². The van der Waals surface area contributed by atoms with Gasteiger partial charge in [-0.1, -0.05) is 4.98 Å². The first-order valence-corrected chi connectivity index (χ1v) is 11.1. The first-order chi connectivity index (χ1) is 15.9. The van der Waals surface area contributed by atoms with Crippen molar-refractivity contribution in [3.05, 3.63) is 35.8 Å². The third-order valence-electron chi connectivity index (χ3n) is 6.32. The molecule has 1 aliphatic carbocycles. The van der Waals surface area contributed by atoms with E-state index in [1.54, 1.807) is 10.8 Å². The molecule has 1 atom stereocenters. The Morgan fingerprint density at radius 3 is 2.48 bits per heavy atom. The van der Waals surface area contributed by atoms with Crippen molar-refractivity contribution in [2.75, 3.05) is 23.8 Å². The molecule has 176 valence electrons. The standard InChI is InChI=1S/C22H25F3N6O2/c1-30-10-18-20(29-21(30)26-13-2-4-15(32)5-3-13)31(14-6-7-33-11-14)22(27-18)28-19-16(24)8-12(23)9-17(19)25/h8-10,13-15,32H,2-7,11H2,1H3,(H,27,28)/p+1. The number of anilines is 3. The second-order valence-corrected chi connectivity index (χ2v) is 8.73. The number of benzene rings is 1. The van der Waals surface area contributed by atoms with Gasteiger partial charge in [-0.05, 0) is 32.1 Å². The highest BCUT2D eigenvalue weighted by Gasteiger charge is 2.30. The second kappa shape index (κ2) is 8.79. The minimum Gasteiger partial charge on any atom is -0.393 e. The molecule has 5 rings (SSSR count). The Hall–Kier alpha value is -2.92. The van der Waals surface area contributed by atoms with E-state index in [-0.39, 0.29) is 24.1 Å². The average Bonchev–Trinajstić information content (AvgIpc) is 3.40. The maximum absolute atomic E-state index is 14.3. The van der Waals surface area contributed by atoms with Crippen LogP contribution < -0.4 is 15.2 Å². The van der Waals surface area contributed by atoms with Gasteiger partial charge in [0.1, 0.15) is 11.5 Å². The van der Waals surface area contributed by atoms with E-state index < -0.39 is 23.1 Å². The molecule has 3 N–H and O–H groups in total. The lowest BCUT2D eigenvalue weighted by atomic mass is 9.93. The van der Waals surface area contributed by atoms with Crippen LogP contribution >= 0.6 is 0 Å². The van der Waals surface area contributed by atoms with E-state index in [9.17, 15) is 18.3 Å². The molecule has 0 amide bonds. The Bertz CT molecular complexity index is 1150. The van der Waals surface area contributed by atoms with E-state index in [4.69, 9.17) is 9.72 Å². The SMILES string of the molecule is C[n+]1cc2nc(Nc3c(F)cc(F)cc3F)n(C3CCOC3)c2nc1NC1CCC(O)CC1. The van der Waals surface area contributed by atoms with Crippen LogP contribution in [0.15, 0.2) is 18.3 Å². The fourth-order valence-corrected chi connectivity index (χ4v) is 4.53. The molecule has 0 bridgehead atoms. The molecule has 3 heterocycles. The van der Waals surface area contributed by atoms with E-state index >= 15 is 0 Å². The number of hydrogen-bond acceptors (Lipinski definition) is 6. The Kier molecular flexibility index (Phi) is 5.83. The van der Waals surface area contributed by atoms with Gasteiger partial charge < -0.3 is 15.2 Å². The summed E-state index contributed by atoms with van der Waals surface area (Å²) in [4.78, 5) is 9.34. The number of aliphatic hydroxyl groups excluding tert-OH is 1. The molecular formula is C22H26F3N6O2+. The lowest BCUT2D eigenvalue weighted by molar-refractivity contribution is -0.658. The fraction of sp³-hybridized carbons (Fsp3) is 0.500. The number of imidazole rings is 1. The Morgan fingerprint density at radius 1 is 1.09 bits per heavy atom. The molecule has 8 nitrogen and oxygen atoms in total. The normalized spacial score (nSPS) is 23.2. The maximum atomic E-state index is 14.3. The van der Waals surface area contributed by atoms with E-state index in [0.717, 1.165) is 25.7 Å². The van der Waals surface area contributed by atoms with Crippen LogP contribution in [0.4, 0.5) is 30.8 Å². The number of aliphatic hydroxyl groups is 1. The highest BCUT2D eigenvalue weighted by Crippen LogP contribution is 2.32. The average molecular weight is 463 g/mol. The molecule has 1 aliphatic heterocycles. The van der Waals surface area contributed by atoms with Crippen LogP contribution in [0.2, 0.25) is 0 Å². The third kappa shape index (κ3) is 4.34. The summed E-state index contributed by atoms with van der Waals surface area (Å²) in [6, 6.07) is 1.31. The van der Waals surface area contributed by atoms with Crippen LogP contribution in [-0.4, -0.2) is 45.0 Å². The van der Waals surface area contributed by atoms with Crippen molar-refractivity contribution in [2.24, 2.45) is 7.05 Å². The molecule has 0 spiro atoms. The summed E-state index contributed by atoms with van der Waals surface area (Å²) in [5, 5.41) is 15.9. The zero-order valence-corrected chi connectivity index (χ0v) is 18.2. The largest absolute Gasteiger partial charge is 0.393 e. The van der Waals surface area contributed by atoms with Crippen molar-refractivity contribution in [3.8, 4) is 0 Å². The minimum absolute atomic E-state index is 0.123. The minimum atomic E-state index is -1.05. The summed E-state index contributed by atoms with van der Waals surface area (Å²) in [6.45, 7) is 0.972. The van der Waals surface area contributed by atoms with Crippen molar-refractivity contribution in [2.45, 2.75) is 50.3 Å². The second-order valence-electron chi connectivity index (χ2n) is 8.73. The van der Waals surface area contributed by atoms with Crippen molar-refractivity contribution in [1.82, 2.24) is 14.5 Å². The lowest BCUT2D eigenvalue weighted by Crippen LogP contribution is -2.38. The van der Waals surface area contributed by atoms with E-state index in [0.29, 0.717) is 48.9 Å². The molecule has 11 heteroatoms. The quantitative estimate of drug-likeness (QED) is 0.504. The first-order valence-electron chi connectivity index (χ1n) is 11.1. The monoisotopic (exact) mass is 463 g/mol. The molecule has 2 aliphatic rings. The maximum Gasteiger partial charge on any atom is 0.393 e.